The Morgan fingerprint density at radius 2 is 1.31 bits per heavy atom. The lowest BCUT2D eigenvalue weighted by Gasteiger charge is -2.61. The van der Waals surface area contributed by atoms with Crippen LogP contribution in [0.15, 0.2) is 0 Å². The number of nitrogens with zero attached hydrogens (tertiary/aromatic N) is 1. The van der Waals surface area contributed by atoms with Crippen LogP contribution >= 0.6 is 0 Å². The van der Waals surface area contributed by atoms with Gasteiger partial charge in [-0.05, 0) is 182 Å². The minimum atomic E-state index is -0.548. The first kappa shape index (κ1) is 57.2. The zero-order valence-corrected chi connectivity index (χ0v) is 44.6. The Balaban J connectivity index is 1.06. The molecule has 4 saturated carbocycles. The first-order chi connectivity index (χ1) is 31.6. The van der Waals surface area contributed by atoms with Gasteiger partial charge in [0.1, 0.15) is 6.61 Å². The summed E-state index contributed by atoms with van der Waals surface area (Å²) in [6.45, 7) is 17.7. The van der Waals surface area contributed by atoms with E-state index in [-0.39, 0.29) is 18.9 Å². The quantitative estimate of drug-likeness (QED) is 0.0284. The lowest BCUT2D eigenvalue weighted by Crippen LogP contribution is -2.54. The minimum Gasteiger partial charge on any atom is -0.466 e. The van der Waals surface area contributed by atoms with Crippen molar-refractivity contribution in [3.05, 3.63) is 0 Å². The summed E-state index contributed by atoms with van der Waals surface area (Å²) in [7, 11) is 1.92. The van der Waals surface area contributed by atoms with Crippen LogP contribution in [0.4, 0.5) is 0 Å². The summed E-state index contributed by atoms with van der Waals surface area (Å²) in [6, 6.07) is 0. The summed E-state index contributed by atoms with van der Waals surface area (Å²) in [5.41, 5.74) is 0.944. The van der Waals surface area contributed by atoms with Crippen LogP contribution in [0.2, 0.25) is 0 Å². The highest BCUT2D eigenvalue weighted by atomic mass is 32.2. The monoisotopic (exact) mass is 937 g/mol. The lowest BCUT2D eigenvalue weighted by molar-refractivity contribution is -0.144. The molecule has 11 atom stereocenters. The van der Waals surface area contributed by atoms with E-state index in [1.807, 2.05) is 7.11 Å². The number of hydrogen-bond acceptors (Lipinski definition) is 8. The van der Waals surface area contributed by atoms with Gasteiger partial charge in [-0.15, -0.1) is 8.37 Å². The Hall–Kier alpha value is -0.420. The molecule has 0 aromatic heterocycles. The second kappa shape index (κ2) is 32.5. The number of hydrogen-bond donors (Lipinski definition) is 1. The molecule has 0 radical (unpaired) electrons. The predicted octanol–water partition coefficient (Wildman–Crippen LogP) is 14.2. The molecule has 7 unspecified atom stereocenters. The summed E-state index contributed by atoms with van der Waals surface area (Å²) < 4.78 is 30.3. The maximum absolute atomic E-state index is 13.0. The second-order valence-corrected chi connectivity index (χ2v) is 23.5. The van der Waals surface area contributed by atoms with Gasteiger partial charge < -0.3 is 24.2 Å². The van der Waals surface area contributed by atoms with E-state index in [1.54, 1.807) is 0 Å². The van der Waals surface area contributed by atoms with Crippen molar-refractivity contribution in [2.75, 3.05) is 59.4 Å². The maximum Gasteiger partial charge on any atom is 0.314 e. The van der Waals surface area contributed by atoms with E-state index in [4.69, 9.17) is 22.6 Å². The Bertz CT molecular complexity index is 1230. The topological polar surface area (TPSA) is 86.7 Å². The Morgan fingerprint density at radius 1 is 0.692 bits per heavy atom. The lowest BCUT2D eigenvalue weighted by atomic mass is 9.44. The minimum absolute atomic E-state index is 0.00195. The van der Waals surface area contributed by atoms with E-state index in [0.29, 0.717) is 35.9 Å². The standard InChI is InChI=1S/C56H106NO7S/c1-8-10-12-14-17-24-43-62-54(27-19-15-13-11-9-2)64-65(7)63-44-25-18-16-20-38-57(39-21-23-41-58)40-22-26-42-61-53(59)33-28-46(3)50-31-32-51-49-30-29-47-45-48(60-6)34-36-55(47,4)52(49)35-37-56(50,51)5/h46-52,54,58H,8-45H2,1-7H3/q+1/t46-,47?,48-,49?,50?,51?,52?,54?,55+,56-,65?/m1/s1. The van der Waals surface area contributed by atoms with Crippen LogP contribution in [-0.2, 0) is 38.8 Å². The second-order valence-electron chi connectivity index (χ2n) is 22.2. The van der Waals surface area contributed by atoms with Crippen LogP contribution in [0.25, 0.3) is 0 Å². The summed E-state index contributed by atoms with van der Waals surface area (Å²) >= 11 is -0.548. The van der Waals surface area contributed by atoms with Crippen LogP contribution in [0.5, 0.6) is 0 Å². The zero-order valence-electron chi connectivity index (χ0n) is 43.7. The van der Waals surface area contributed by atoms with E-state index < -0.39 is 11.5 Å². The van der Waals surface area contributed by atoms with Crippen LogP contribution in [0.3, 0.4) is 0 Å². The predicted molar refractivity (Wildman–Crippen MR) is 273 cm³/mol. The van der Waals surface area contributed by atoms with Crippen molar-refractivity contribution in [2.45, 2.75) is 246 Å². The first-order valence-electron chi connectivity index (χ1n) is 28.2. The number of methoxy groups -OCH3 is 1. The molecule has 382 valence electrons. The molecule has 4 fully saturated rings. The molecular formula is C56H106NO7S+. The molecule has 1 N–H and O–H groups in total. The van der Waals surface area contributed by atoms with Crippen molar-refractivity contribution in [1.29, 1.82) is 0 Å². The third-order valence-electron chi connectivity index (χ3n) is 17.7. The van der Waals surface area contributed by atoms with Crippen molar-refractivity contribution in [2.24, 2.45) is 46.3 Å². The Morgan fingerprint density at radius 3 is 2.03 bits per heavy atom. The summed E-state index contributed by atoms with van der Waals surface area (Å²) in [5, 5.41) is 9.41. The van der Waals surface area contributed by atoms with Gasteiger partial charge in [-0.2, -0.15) is 0 Å². The fraction of sp³-hybridized carbons (Fsp3) is 0.982. The summed E-state index contributed by atoms with van der Waals surface area (Å²) in [4.78, 5) is 15.6. The highest BCUT2D eigenvalue weighted by Crippen LogP contribution is 2.68. The molecule has 4 aliphatic rings. The average Bonchev–Trinajstić information content (AvgIpc) is 3.66. The van der Waals surface area contributed by atoms with Gasteiger partial charge in [-0.3, -0.25) is 4.79 Å². The third-order valence-corrected chi connectivity index (χ3v) is 18.7. The van der Waals surface area contributed by atoms with Crippen molar-refractivity contribution >= 4 is 17.4 Å². The average molecular weight is 938 g/mol. The van der Waals surface area contributed by atoms with Crippen molar-refractivity contribution in [3.8, 4) is 0 Å². The number of unbranched alkanes of at least 4 members (excludes halogenated alkanes) is 14. The number of fused-ring (bicyclic) bond motifs is 5. The van der Waals surface area contributed by atoms with Gasteiger partial charge in [0.05, 0.1) is 12.7 Å². The molecule has 0 amide bonds. The van der Waals surface area contributed by atoms with Gasteiger partial charge in [0.2, 0.25) is 6.29 Å². The molecule has 0 heterocycles. The molecule has 4 rings (SSSR count). The molecule has 0 bridgehead atoms. The van der Waals surface area contributed by atoms with Crippen LogP contribution in [-0.4, -0.2) is 87.8 Å². The highest BCUT2D eigenvalue weighted by Gasteiger charge is 2.60. The molecule has 0 saturated heterocycles. The van der Waals surface area contributed by atoms with Gasteiger partial charge in [-0.25, -0.2) is 0 Å². The number of aliphatic hydroxyl groups is 1. The molecule has 0 aromatic rings. The number of carbonyl (C=O) groups excluding carboxylic acids is 1. The van der Waals surface area contributed by atoms with Crippen LogP contribution in [0, 0.1) is 46.3 Å². The van der Waals surface area contributed by atoms with E-state index in [9.17, 15) is 9.90 Å². The molecule has 0 aromatic carbocycles. The van der Waals surface area contributed by atoms with E-state index >= 15 is 0 Å². The smallest absolute Gasteiger partial charge is 0.314 e. The van der Waals surface area contributed by atoms with Crippen molar-refractivity contribution in [3.63, 3.8) is 0 Å². The normalized spacial score (nSPS) is 29.0. The van der Waals surface area contributed by atoms with Gasteiger partial charge in [0.25, 0.3) is 0 Å². The highest BCUT2D eigenvalue weighted by molar-refractivity contribution is 7.87. The van der Waals surface area contributed by atoms with Gasteiger partial charge in [0, 0.05) is 33.2 Å². The van der Waals surface area contributed by atoms with Crippen molar-refractivity contribution < 1.29 is 32.5 Å². The first-order valence-corrected chi connectivity index (χ1v) is 29.7. The fourth-order valence-corrected chi connectivity index (χ4v) is 14.6. The molecule has 8 nitrogen and oxygen atoms in total. The number of rotatable bonds is 38. The summed E-state index contributed by atoms with van der Waals surface area (Å²) in [5.74, 6) is 4.81. The molecule has 9 heteroatoms. The Labute approximate surface area is 405 Å². The molecule has 4 aliphatic carbocycles. The van der Waals surface area contributed by atoms with Crippen LogP contribution in [0.1, 0.15) is 234 Å². The fourth-order valence-electron chi connectivity index (χ4n) is 13.8. The third kappa shape index (κ3) is 19.4. The number of aliphatic hydroxyl groups excluding tert-OH is 1. The number of esters is 1. The van der Waals surface area contributed by atoms with E-state index in [1.165, 1.54) is 128 Å². The molecule has 0 aliphatic heterocycles. The van der Waals surface area contributed by atoms with Crippen molar-refractivity contribution in [1.82, 2.24) is 4.90 Å². The SMILES string of the molecule is CCCCCCCCOC(CCCCCCC)O[S+](C)OCCCCCCN(CCCCO)CCCCOC(=O)CC[C@@H](C)C1CCC2C3CCC4C[C@H](OC)CC[C@]4(C)C3CC[C@@]21C. The number of ether oxygens (including phenoxy) is 3. The van der Waals surface area contributed by atoms with E-state index in [0.717, 1.165) is 127 Å². The molecule has 0 spiro atoms. The maximum atomic E-state index is 13.0. The van der Waals surface area contributed by atoms with Gasteiger partial charge in [0.15, 0.2) is 6.26 Å². The van der Waals surface area contributed by atoms with E-state index in [2.05, 4.69) is 45.8 Å². The van der Waals surface area contributed by atoms with Crippen LogP contribution < -0.4 is 0 Å². The van der Waals surface area contributed by atoms with Gasteiger partial charge >= 0.3 is 17.4 Å². The molecule has 65 heavy (non-hydrogen) atoms. The number of carbonyl (C=O) groups is 1. The molecular weight excluding hydrogens is 831 g/mol. The summed E-state index contributed by atoms with van der Waals surface area (Å²) in [6.07, 6.45) is 39.4. The largest absolute Gasteiger partial charge is 0.466 e. The van der Waals surface area contributed by atoms with Gasteiger partial charge in [-0.1, -0.05) is 105 Å². The Kier molecular flexibility index (Phi) is 28.5. The zero-order chi connectivity index (χ0) is 46.8.